The van der Waals surface area contributed by atoms with Gasteiger partial charge in [0.25, 0.3) is 0 Å². The van der Waals surface area contributed by atoms with Gasteiger partial charge in [0.15, 0.2) is 11.0 Å². The fraction of sp³-hybridized carbons (Fsp3) is 0.0476. The Morgan fingerprint density at radius 2 is 1.97 bits per heavy atom. The third kappa shape index (κ3) is 4.47. The zero-order chi connectivity index (χ0) is 21.8. The van der Waals surface area contributed by atoms with E-state index >= 15 is 0 Å². The van der Waals surface area contributed by atoms with Crippen molar-refractivity contribution in [3.05, 3.63) is 77.2 Å². The largest absolute Gasteiger partial charge is 0.316 e. The molecular weight excluding hydrogens is 440 g/mol. The maximum absolute atomic E-state index is 14.6. The van der Waals surface area contributed by atoms with Crippen LogP contribution in [0.1, 0.15) is 5.56 Å². The lowest BCUT2D eigenvalue weighted by Gasteiger charge is -2.11. The standard InChI is InChI=1S/C21H13F2N5OS2/c22-15-6-7-17(16(23)10-15)28-19(13-4-2-1-3-5-13)26-27-21(28)31-12-18(29)25-20-14(11-24)8-9-30-20/h1-10H,12H2,(H,25,29). The van der Waals surface area contributed by atoms with Gasteiger partial charge in [-0.3, -0.25) is 9.36 Å². The summed E-state index contributed by atoms with van der Waals surface area (Å²) >= 11 is 2.30. The molecule has 154 valence electrons. The van der Waals surface area contributed by atoms with E-state index in [-0.39, 0.29) is 22.5 Å². The van der Waals surface area contributed by atoms with E-state index in [1.54, 1.807) is 23.6 Å². The molecule has 2 aromatic heterocycles. The molecule has 0 unspecified atom stereocenters. The molecule has 0 bridgehead atoms. The van der Waals surface area contributed by atoms with Gasteiger partial charge in [-0.15, -0.1) is 21.5 Å². The first-order chi connectivity index (χ1) is 15.1. The van der Waals surface area contributed by atoms with Crippen molar-refractivity contribution in [3.63, 3.8) is 0 Å². The van der Waals surface area contributed by atoms with E-state index in [0.717, 1.165) is 23.9 Å². The fourth-order valence-electron chi connectivity index (χ4n) is 2.80. The second kappa shape index (κ2) is 9.07. The van der Waals surface area contributed by atoms with Crippen LogP contribution in [0.25, 0.3) is 17.1 Å². The molecule has 0 aliphatic heterocycles. The van der Waals surface area contributed by atoms with Crippen LogP contribution in [0.4, 0.5) is 13.8 Å². The van der Waals surface area contributed by atoms with E-state index < -0.39 is 11.6 Å². The third-order valence-corrected chi connectivity index (χ3v) is 5.95. The SMILES string of the molecule is N#Cc1ccsc1NC(=O)CSc1nnc(-c2ccccc2)n1-c1ccc(F)cc1F. The number of rotatable bonds is 6. The normalized spacial score (nSPS) is 10.6. The molecule has 10 heteroatoms. The first-order valence-corrected chi connectivity index (χ1v) is 10.8. The maximum Gasteiger partial charge on any atom is 0.235 e. The smallest absolute Gasteiger partial charge is 0.235 e. The number of hydrogen-bond acceptors (Lipinski definition) is 6. The Bertz CT molecular complexity index is 1280. The molecule has 0 radical (unpaired) electrons. The van der Waals surface area contributed by atoms with Crippen molar-refractivity contribution in [2.45, 2.75) is 5.16 Å². The van der Waals surface area contributed by atoms with Gasteiger partial charge in [0.05, 0.1) is 17.0 Å². The molecule has 0 aliphatic carbocycles. The molecule has 31 heavy (non-hydrogen) atoms. The zero-order valence-corrected chi connectivity index (χ0v) is 17.4. The molecule has 0 saturated heterocycles. The Morgan fingerprint density at radius 1 is 1.16 bits per heavy atom. The van der Waals surface area contributed by atoms with Crippen molar-refractivity contribution in [2.75, 3.05) is 11.1 Å². The summed E-state index contributed by atoms with van der Waals surface area (Å²) in [5.74, 6) is -1.51. The highest BCUT2D eigenvalue weighted by atomic mass is 32.2. The third-order valence-electron chi connectivity index (χ3n) is 4.19. The van der Waals surface area contributed by atoms with Gasteiger partial charge < -0.3 is 5.32 Å². The molecule has 0 saturated carbocycles. The molecule has 6 nitrogen and oxygen atoms in total. The molecule has 2 heterocycles. The Morgan fingerprint density at radius 3 is 2.71 bits per heavy atom. The quantitative estimate of drug-likeness (QED) is 0.421. The summed E-state index contributed by atoms with van der Waals surface area (Å²) in [6.07, 6.45) is 0. The highest BCUT2D eigenvalue weighted by Crippen LogP contribution is 2.30. The topological polar surface area (TPSA) is 83.6 Å². The van der Waals surface area contributed by atoms with Crippen LogP contribution >= 0.6 is 23.1 Å². The van der Waals surface area contributed by atoms with Gasteiger partial charge in [0.2, 0.25) is 5.91 Å². The average Bonchev–Trinajstić information content (AvgIpc) is 3.39. The molecule has 1 N–H and O–H groups in total. The number of nitriles is 1. The number of anilines is 1. The first kappa shape index (κ1) is 20.7. The van der Waals surface area contributed by atoms with Gasteiger partial charge in [0, 0.05) is 11.6 Å². The zero-order valence-electron chi connectivity index (χ0n) is 15.8. The van der Waals surface area contributed by atoms with E-state index in [0.29, 0.717) is 22.0 Å². The summed E-state index contributed by atoms with van der Waals surface area (Å²) in [4.78, 5) is 12.4. The van der Waals surface area contributed by atoms with Crippen LogP contribution in [0.5, 0.6) is 0 Å². The number of carbonyl (C=O) groups is 1. The van der Waals surface area contributed by atoms with Crippen molar-refractivity contribution in [3.8, 4) is 23.1 Å². The highest BCUT2D eigenvalue weighted by molar-refractivity contribution is 7.99. The van der Waals surface area contributed by atoms with E-state index in [2.05, 4.69) is 15.5 Å². The van der Waals surface area contributed by atoms with Crippen molar-refractivity contribution in [1.82, 2.24) is 14.8 Å². The summed E-state index contributed by atoms with van der Waals surface area (Å²) in [6, 6.07) is 15.9. The number of nitrogens with one attached hydrogen (secondary N) is 1. The van der Waals surface area contributed by atoms with Crippen LogP contribution in [-0.4, -0.2) is 26.4 Å². The lowest BCUT2D eigenvalue weighted by molar-refractivity contribution is -0.113. The van der Waals surface area contributed by atoms with Crippen molar-refractivity contribution in [1.29, 1.82) is 5.26 Å². The molecule has 1 amide bonds. The molecule has 0 atom stereocenters. The minimum Gasteiger partial charge on any atom is -0.316 e. The maximum atomic E-state index is 14.6. The second-order valence-electron chi connectivity index (χ2n) is 6.22. The molecule has 4 rings (SSSR count). The summed E-state index contributed by atoms with van der Waals surface area (Å²) in [7, 11) is 0. The molecule has 2 aromatic carbocycles. The first-order valence-electron chi connectivity index (χ1n) is 8.93. The van der Waals surface area contributed by atoms with Crippen LogP contribution in [0.2, 0.25) is 0 Å². The number of hydrogen-bond donors (Lipinski definition) is 1. The number of halogens is 2. The molecule has 0 fully saturated rings. The van der Waals surface area contributed by atoms with Gasteiger partial charge in [0.1, 0.15) is 22.7 Å². The van der Waals surface area contributed by atoms with Crippen LogP contribution in [0.3, 0.4) is 0 Å². The monoisotopic (exact) mass is 453 g/mol. The number of benzene rings is 2. The van der Waals surface area contributed by atoms with Gasteiger partial charge in [-0.2, -0.15) is 5.26 Å². The van der Waals surface area contributed by atoms with Gasteiger partial charge in [-0.05, 0) is 23.6 Å². The lowest BCUT2D eigenvalue weighted by atomic mass is 10.2. The summed E-state index contributed by atoms with van der Waals surface area (Å²) in [6.45, 7) is 0. The second-order valence-corrected chi connectivity index (χ2v) is 8.07. The Kier molecular flexibility index (Phi) is 6.06. The van der Waals surface area contributed by atoms with E-state index in [9.17, 15) is 13.6 Å². The van der Waals surface area contributed by atoms with Gasteiger partial charge in [-0.25, -0.2) is 8.78 Å². The highest BCUT2D eigenvalue weighted by Gasteiger charge is 2.20. The summed E-state index contributed by atoms with van der Waals surface area (Å²) in [5.41, 5.74) is 1.14. The van der Waals surface area contributed by atoms with Crippen molar-refractivity contribution < 1.29 is 13.6 Å². The van der Waals surface area contributed by atoms with Crippen molar-refractivity contribution in [2.24, 2.45) is 0 Å². The number of amides is 1. The van der Waals surface area contributed by atoms with E-state index in [1.807, 2.05) is 24.3 Å². The fourth-order valence-corrected chi connectivity index (χ4v) is 4.30. The number of nitrogens with zero attached hydrogens (tertiary/aromatic N) is 4. The Hall–Kier alpha value is -3.55. The summed E-state index contributed by atoms with van der Waals surface area (Å²) < 4.78 is 29.5. The van der Waals surface area contributed by atoms with Crippen LogP contribution in [-0.2, 0) is 4.79 Å². The van der Waals surface area contributed by atoms with Crippen LogP contribution < -0.4 is 5.32 Å². The number of carbonyl (C=O) groups excluding carboxylic acids is 1. The molecule has 4 aromatic rings. The summed E-state index contributed by atoms with van der Waals surface area (Å²) in [5, 5.41) is 22.5. The molecule has 0 aliphatic rings. The van der Waals surface area contributed by atoms with Crippen LogP contribution in [0, 0.1) is 23.0 Å². The minimum absolute atomic E-state index is 0.0431. The number of thiophene rings is 1. The van der Waals surface area contributed by atoms with E-state index in [1.165, 1.54) is 22.0 Å². The number of aromatic nitrogens is 3. The Balaban J connectivity index is 1.64. The van der Waals surface area contributed by atoms with Gasteiger partial charge in [-0.1, -0.05) is 42.1 Å². The Labute approximate surface area is 184 Å². The number of thioether (sulfide) groups is 1. The predicted octanol–water partition coefficient (Wildman–Crippen LogP) is 4.88. The van der Waals surface area contributed by atoms with Gasteiger partial charge >= 0.3 is 0 Å². The average molecular weight is 453 g/mol. The lowest BCUT2D eigenvalue weighted by Crippen LogP contribution is -2.14. The van der Waals surface area contributed by atoms with Crippen molar-refractivity contribution >= 4 is 34.0 Å². The van der Waals surface area contributed by atoms with Crippen LogP contribution in [0.15, 0.2) is 65.1 Å². The molecule has 0 spiro atoms. The minimum atomic E-state index is -0.777. The van der Waals surface area contributed by atoms with E-state index in [4.69, 9.17) is 5.26 Å². The molecular formula is C21H13F2N5OS2. The predicted molar refractivity (Wildman–Crippen MR) is 115 cm³/mol.